The van der Waals surface area contributed by atoms with E-state index in [0.29, 0.717) is 12.3 Å². The second kappa shape index (κ2) is 4.66. The maximum Gasteiger partial charge on any atom is 0.160 e. The number of ketones is 2. The second-order valence-corrected chi connectivity index (χ2v) is 7.99. The largest absolute Gasteiger partial charge is 0.299 e. The van der Waals surface area contributed by atoms with Gasteiger partial charge in [-0.3, -0.25) is 9.59 Å². The first-order chi connectivity index (χ1) is 9.81. The first kappa shape index (κ1) is 14.7. The van der Waals surface area contributed by atoms with Crippen LogP contribution in [0.25, 0.3) is 0 Å². The molecule has 0 amide bonds. The van der Waals surface area contributed by atoms with E-state index >= 15 is 0 Å². The lowest BCUT2D eigenvalue weighted by Crippen LogP contribution is -2.52. The van der Waals surface area contributed by atoms with Crippen LogP contribution >= 0.6 is 0 Å². The standard InChI is InChI=1S/C19H26O2/c1-5-18(3)8-6-14-13(11-18)10-16(21)17-12(2)15(20)7-9-19(14,17)4/h5,10,12,14,17H,1,6-9,11H2,2-4H3/t12-,14-,17-,18-,19-/m1/s1. The maximum absolute atomic E-state index is 12.7. The summed E-state index contributed by atoms with van der Waals surface area (Å²) in [7, 11) is 0. The fourth-order valence-corrected chi connectivity index (χ4v) is 5.18. The topological polar surface area (TPSA) is 34.1 Å². The lowest BCUT2D eigenvalue weighted by atomic mass is 9.48. The average molecular weight is 286 g/mol. The van der Waals surface area contributed by atoms with Crippen molar-refractivity contribution in [1.29, 1.82) is 0 Å². The summed E-state index contributed by atoms with van der Waals surface area (Å²) in [6, 6.07) is 0. The minimum Gasteiger partial charge on any atom is -0.299 e. The van der Waals surface area contributed by atoms with Gasteiger partial charge in [0.15, 0.2) is 5.78 Å². The number of carbonyl (C=O) groups is 2. The molecule has 3 aliphatic rings. The molecule has 3 aliphatic carbocycles. The Morgan fingerprint density at radius 3 is 2.67 bits per heavy atom. The van der Waals surface area contributed by atoms with Crippen LogP contribution in [0, 0.1) is 28.6 Å². The zero-order chi connectivity index (χ0) is 15.4. The highest BCUT2D eigenvalue weighted by molar-refractivity contribution is 5.99. The molecule has 21 heavy (non-hydrogen) atoms. The van der Waals surface area contributed by atoms with E-state index in [4.69, 9.17) is 0 Å². The van der Waals surface area contributed by atoms with Crippen molar-refractivity contribution in [3.63, 3.8) is 0 Å². The summed E-state index contributed by atoms with van der Waals surface area (Å²) < 4.78 is 0. The Labute approximate surface area is 127 Å². The molecule has 0 heterocycles. The van der Waals surface area contributed by atoms with Crippen molar-refractivity contribution >= 4 is 11.6 Å². The van der Waals surface area contributed by atoms with Crippen LogP contribution in [0.15, 0.2) is 24.3 Å². The highest BCUT2D eigenvalue weighted by atomic mass is 16.1. The molecule has 0 aromatic heterocycles. The van der Waals surface area contributed by atoms with E-state index in [2.05, 4.69) is 26.5 Å². The van der Waals surface area contributed by atoms with Gasteiger partial charge in [0, 0.05) is 18.3 Å². The smallest absolute Gasteiger partial charge is 0.160 e. The third kappa shape index (κ3) is 2.06. The van der Waals surface area contributed by atoms with Crippen LogP contribution in [-0.2, 0) is 9.59 Å². The normalized spacial score (nSPS) is 46.4. The van der Waals surface area contributed by atoms with Crippen molar-refractivity contribution in [2.75, 3.05) is 0 Å². The van der Waals surface area contributed by atoms with Crippen LogP contribution < -0.4 is 0 Å². The Hall–Kier alpha value is -1.18. The Morgan fingerprint density at radius 1 is 1.29 bits per heavy atom. The van der Waals surface area contributed by atoms with E-state index in [0.717, 1.165) is 25.7 Å². The zero-order valence-electron chi connectivity index (χ0n) is 13.4. The monoisotopic (exact) mass is 286 g/mol. The Kier molecular flexibility index (Phi) is 3.27. The van der Waals surface area contributed by atoms with Gasteiger partial charge in [-0.05, 0) is 48.5 Å². The minimum atomic E-state index is -0.109. The van der Waals surface area contributed by atoms with Gasteiger partial charge in [0.25, 0.3) is 0 Å². The third-order valence-electron chi connectivity index (χ3n) is 6.61. The van der Waals surface area contributed by atoms with E-state index in [1.54, 1.807) is 0 Å². The lowest BCUT2D eigenvalue weighted by Gasteiger charge is -2.54. The number of allylic oxidation sites excluding steroid dienone is 3. The van der Waals surface area contributed by atoms with Crippen molar-refractivity contribution < 1.29 is 9.59 Å². The first-order valence-corrected chi connectivity index (χ1v) is 8.21. The summed E-state index contributed by atoms with van der Waals surface area (Å²) in [5.41, 5.74) is 1.42. The van der Waals surface area contributed by atoms with E-state index < -0.39 is 0 Å². The minimum absolute atomic E-state index is 0.0169. The third-order valence-corrected chi connectivity index (χ3v) is 6.61. The average Bonchev–Trinajstić information content (AvgIpc) is 2.43. The highest BCUT2D eigenvalue weighted by Gasteiger charge is 2.55. The molecule has 0 unspecified atom stereocenters. The van der Waals surface area contributed by atoms with Gasteiger partial charge in [0.1, 0.15) is 5.78 Å². The van der Waals surface area contributed by atoms with Gasteiger partial charge >= 0.3 is 0 Å². The van der Waals surface area contributed by atoms with Crippen LogP contribution in [-0.4, -0.2) is 11.6 Å². The molecule has 0 aromatic rings. The molecule has 0 saturated heterocycles. The number of hydrogen-bond donors (Lipinski definition) is 0. The van der Waals surface area contributed by atoms with Crippen LogP contribution in [0.5, 0.6) is 0 Å². The van der Waals surface area contributed by atoms with E-state index in [1.807, 2.05) is 13.0 Å². The lowest BCUT2D eigenvalue weighted by molar-refractivity contribution is -0.143. The van der Waals surface area contributed by atoms with Gasteiger partial charge in [-0.25, -0.2) is 0 Å². The van der Waals surface area contributed by atoms with Crippen LogP contribution in [0.4, 0.5) is 0 Å². The maximum atomic E-state index is 12.7. The molecule has 0 N–H and O–H groups in total. The Balaban J connectivity index is 2.01. The molecule has 0 spiro atoms. The van der Waals surface area contributed by atoms with Crippen LogP contribution in [0.3, 0.4) is 0 Å². The molecular weight excluding hydrogens is 260 g/mol. The molecule has 5 atom stereocenters. The number of hydrogen-bond acceptors (Lipinski definition) is 2. The van der Waals surface area contributed by atoms with Crippen molar-refractivity contribution in [2.24, 2.45) is 28.6 Å². The van der Waals surface area contributed by atoms with E-state index in [-0.39, 0.29) is 34.2 Å². The highest BCUT2D eigenvalue weighted by Crippen LogP contribution is 2.59. The van der Waals surface area contributed by atoms with Crippen LogP contribution in [0.1, 0.15) is 52.9 Å². The fourth-order valence-electron chi connectivity index (χ4n) is 5.18. The summed E-state index contributed by atoms with van der Waals surface area (Å²) in [5.74, 6) is 0.734. The second-order valence-electron chi connectivity index (χ2n) is 7.99. The van der Waals surface area contributed by atoms with Crippen molar-refractivity contribution in [3.05, 3.63) is 24.3 Å². The number of rotatable bonds is 1. The van der Waals surface area contributed by atoms with Gasteiger partial charge in [-0.2, -0.15) is 0 Å². The molecule has 0 radical (unpaired) electrons. The van der Waals surface area contributed by atoms with E-state index in [9.17, 15) is 9.59 Å². The van der Waals surface area contributed by atoms with Gasteiger partial charge in [0.05, 0.1) is 0 Å². The number of fused-ring (bicyclic) bond motifs is 3. The fraction of sp³-hybridized carbons (Fsp3) is 0.684. The Morgan fingerprint density at radius 2 is 2.00 bits per heavy atom. The zero-order valence-corrected chi connectivity index (χ0v) is 13.4. The number of Topliss-reactive ketones (excluding diaryl/α,β-unsaturated/α-hetero) is 1. The molecule has 2 saturated carbocycles. The molecule has 114 valence electrons. The van der Waals surface area contributed by atoms with Gasteiger partial charge in [-0.1, -0.05) is 32.4 Å². The molecular formula is C19H26O2. The Bertz CT molecular complexity index is 544. The van der Waals surface area contributed by atoms with Crippen molar-refractivity contribution in [3.8, 4) is 0 Å². The predicted octanol–water partition coefficient (Wildman–Crippen LogP) is 4.11. The molecule has 0 aromatic carbocycles. The number of carbonyl (C=O) groups excluding carboxylic acids is 2. The van der Waals surface area contributed by atoms with E-state index in [1.165, 1.54) is 5.57 Å². The molecule has 2 heteroatoms. The van der Waals surface area contributed by atoms with Crippen molar-refractivity contribution in [2.45, 2.75) is 52.9 Å². The van der Waals surface area contributed by atoms with Crippen LogP contribution in [0.2, 0.25) is 0 Å². The summed E-state index contributed by atoms with van der Waals surface area (Å²) in [5, 5.41) is 0. The molecule has 2 nitrogen and oxygen atoms in total. The van der Waals surface area contributed by atoms with Gasteiger partial charge < -0.3 is 0 Å². The summed E-state index contributed by atoms with van der Waals surface area (Å²) in [4.78, 5) is 24.7. The molecule has 2 fully saturated rings. The van der Waals surface area contributed by atoms with Gasteiger partial charge in [-0.15, -0.1) is 6.58 Å². The summed E-state index contributed by atoms with van der Waals surface area (Å²) in [6.07, 6.45) is 8.66. The molecule has 0 aliphatic heterocycles. The van der Waals surface area contributed by atoms with Gasteiger partial charge in [0.2, 0.25) is 0 Å². The molecule has 0 bridgehead atoms. The summed E-state index contributed by atoms with van der Waals surface area (Å²) >= 11 is 0. The quantitative estimate of drug-likeness (QED) is 0.680. The van der Waals surface area contributed by atoms with Crippen molar-refractivity contribution in [1.82, 2.24) is 0 Å². The molecule has 3 rings (SSSR count). The summed E-state index contributed by atoms with van der Waals surface area (Å²) in [6.45, 7) is 10.4. The predicted molar refractivity (Wildman–Crippen MR) is 83.7 cm³/mol. The SMILES string of the molecule is C=C[C@]1(C)CC[C@@H]2C(=CC(=O)[C@H]3[C@H](C)C(=O)CC[C@]23C)C1. The first-order valence-electron chi connectivity index (χ1n) is 8.21.